The number of nitrogens with one attached hydrogen (secondary N) is 2. The summed E-state index contributed by atoms with van der Waals surface area (Å²) in [5.41, 5.74) is 3.31. The zero-order valence-electron chi connectivity index (χ0n) is 18.3. The monoisotopic (exact) mass is 445 g/mol. The van der Waals surface area contributed by atoms with Crippen molar-refractivity contribution >= 4 is 45.2 Å². The maximum atomic E-state index is 13.0. The fourth-order valence-corrected chi connectivity index (χ4v) is 4.63. The second-order valence-corrected chi connectivity index (χ2v) is 8.48. The Morgan fingerprint density at radius 2 is 1.67 bits per heavy atom. The van der Waals surface area contributed by atoms with Crippen molar-refractivity contribution < 1.29 is 14.5 Å². The van der Waals surface area contributed by atoms with Crippen molar-refractivity contribution in [2.45, 2.75) is 6.92 Å². The van der Waals surface area contributed by atoms with Crippen LogP contribution < -0.4 is 10.2 Å². The molecule has 168 valence electrons. The van der Waals surface area contributed by atoms with Gasteiger partial charge < -0.3 is 14.8 Å². The summed E-state index contributed by atoms with van der Waals surface area (Å²) in [7, 11) is 2.05. The lowest BCUT2D eigenvalue weighted by atomic mass is 9.94. The number of H-pyrrole nitrogens is 1. The van der Waals surface area contributed by atoms with Crippen LogP contribution in [0.4, 0.5) is 11.4 Å². The number of fused-ring (bicyclic) bond motifs is 1. The van der Waals surface area contributed by atoms with Gasteiger partial charge in [0.05, 0.1) is 21.6 Å². The van der Waals surface area contributed by atoms with Crippen LogP contribution in [0, 0.1) is 17.0 Å². The first-order valence-electron chi connectivity index (χ1n) is 10.7. The van der Waals surface area contributed by atoms with Crippen molar-refractivity contribution in [1.29, 1.82) is 0 Å². The van der Waals surface area contributed by atoms with Crippen molar-refractivity contribution in [3.63, 3.8) is 0 Å². The zero-order chi connectivity index (χ0) is 23.3. The number of carbonyl (C=O) groups is 2. The highest BCUT2D eigenvalue weighted by atomic mass is 16.6. The maximum Gasteiger partial charge on any atom is 0.277 e. The predicted octanol–water partition coefficient (Wildman–Crippen LogP) is 2.70. The highest BCUT2D eigenvalue weighted by Gasteiger charge is 2.37. The van der Waals surface area contributed by atoms with E-state index in [9.17, 15) is 19.7 Å². The molecule has 0 saturated carbocycles. The molecule has 0 unspecified atom stereocenters. The number of anilines is 1. The first kappa shape index (κ1) is 20.9. The molecule has 1 saturated heterocycles. The second kappa shape index (κ2) is 7.86. The van der Waals surface area contributed by atoms with Gasteiger partial charge in [0.2, 0.25) is 0 Å². The number of rotatable bonds is 4. The van der Waals surface area contributed by atoms with Gasteiger partial charge in [-0.05, 0) is 31.7 Å². The Bertz CT molecular complexity index is 1350. The summed E-state index contributed by atoms with van der Waals surface area (Å²) in [5, 5.41) is 15.0. The molecule has 1 aromatic heterocycles. The third kappa shape index (κ3) is 3.46. The van der Waals surface area contributed by atoms with Crippen LogP contribution in [0.2, 0.25) is 0 Å². The molecule has 0 spiro atoms. The standard InChI is InChI=1S/C24H23N5O4/c1-14-4-3-5-16-18(13-25-22(14)16)21-20(23(30)26-24(21)31)17-12-15(6-7-19(17)29(32)33)28-10-8-27(2)9-11-28/h3-7,12-13,25H,8-11H2,1-2H3,(H,26,30,31). The Labute approximate surface area is 189 Å². The van der Waals surface area contributed by atoms with Gasteiger partial charge in [0.15, 0.2) is 0 Å². The zero-order valence-corrected chi connectivity index (χ0v) is 18.3. The number of amides is 2. The van der Waals surface area contributed by atoms with E-state index in [0.717, 1.165) is 48.3 Å². The van der Waals surface area contributed by atoms with E-state index in [1.807, 2.05) is 32.2 Å². The van der Waals surface area contributed by atoms with Gasteiger partial charge in [-0.3, -0.25) is 25.0 Å². The van der Waals surface area contributed by atoms with E-state index in [0.29, 0.717) is 5.56 Å². The number of nitro groups is 1. The van der Waals surface area contributed by atoms with Crippen LogP contribution in [-0.4, -0.2) is 59.8 Å². The fourth-order valence-electron chi connectivity index (χ4n) is 4.63. The van der Waals surface area contributed by atoms with Gasteiger partial charge in [-0.2, -0.15) is 0 Å². The third-order valence-corrected chi connectivity index (χ3v) is 6.44. The first-order valence-corrected chi connectivity index (χ1v) is 10.7. The number of aromatic nitrogens is 1. The number of nitro benzene ring substituents is 1. The second-order valence-electron chi connectivity index (χ2n) is 8.48. The van der Waals surface area contributed by atoms with Crippen LogP contribution in [0.15, 0.2) is 42.6 Å². The van der Waals surface area contributed by atoms with Crippen LogP contribution in [0.25, 0.3) is 22.0 Å². The molecule has 2 N–H and O–H groups in total. The minimum Gasteiger partial charge on any atom is -0.369 e. The molecule has 9 heteroatoms. The average Bonchev–Trinajstić information content (AvgIpc) is 3.34. The number of carbonyl (C=O) groups excluding carboxylic acids is 2. The molecule has 5 rings (SSSR count). The lowest BCUT2D eigenvalue weighted by Gasteiger charge is -2.34. The van der Waals surface area contributed by atoms with Crippen molar-refractivity contribution in [1.82, 2.24) is 15.2 Å². The highest BCUT2D eigenvalue weighted by molar-refractivity contribution is 6.50. The Balaban J connectivity index is 1.72. The normalized spacial score (nSPS) is 17.2. The van der Waals surface area contributed by atoms with E-state index in [1.165, 1.54) is 6.07 Å². The van der Waals surface area contributed by atoms with E-state index in [1.54, 1.807) is 18.3 Å². The number of imide groups is 1. The molecule has 9 nitrogen and oxygen atoms in total. The molecule has 3 aromatic rings. The molecule has 0 bridgehead atoms. The first-order chi connectivity index (χ1) is 15.8. The highest BCUT2D eigenvalue weighted by Crippen LogP contribution is 2.40. The van der Waals surface area contributed by atoms with Crippen molar-refractivity contribution in [2.75, 3.05) is 38.1 Å². The van der Waals surface area contributed by atoms with Gasteiger partial charge in [-0.15, -0.1) is 0 Å². The molecule has 1 fully saturated rings. The molecular weight excluding hydrogens is 422 g/mol. The maximum absolute atomic E-state index is 13.0. The molecule has 3 heterocycles. The summed E-state index contributed by atoms with van der Waals surface area (Å²) >= 11 is 0. The number of nitrogens with zero attached hydrogens (tertiary/aromatic N) is 3. The quantitative estimate of drug-likeness (QED) is 0.363. The summed E-state index contributed by atoms with van der Waals surface area (Å²) < 4.78 is 0. The molecule has 2 amide bonds. The summed E-state index contributed by atoms with van der Waals surface area (Å²) in [6, 6.07) is 10.5. The lowest BCUT2D eigenvalue weighted by molar-refractivity contribution is -0.385. The molecular formula is C24H23N5O4. The van der Waals surface area contributed by atoms with E-state index < -0.39 is 16.7 Å². The molecule has 0 radical (unpaired) electrons. The number of aromatic amines is 1. The van der Waals surface area contributed by atoms with Gasteiger partial charge in [-0.1, -0.05) is 18.2 Å². The molecule has 33 heavy (non-hydrogen) atoms. The number of piperazine rings is 1. The number of likely N-dealkylation sites (N-methyl/N-ethyl adjacent to an activating group) is 1. The Kier molecular flexibility index (Phi) is 4.98. The summed E-state index contributed by atoms with van der Waals surface area (Å²) in [4.78, 5) is 44.8. The van der Waals surface area contributed by atoms with Crippen molar-refractivity contribution in [2.24, 2.45) is 0 Å². The fraction of sp³-hybridized carbons (Fsp3) is 0.250. The Morgan fingerprint density at radius 3 is 2.36 bits per heavy atom. The molecule has 2 aliphatic heterocycles. The van der Waals surface area contributed by atoms with Gasteiger partial charge in [0.25, 0.3) is 17.5 Å². The number of benzene rings is 2. The minimum atomic E-state index is -0.629. The molecule has 0 atom stereocenters. The number of aryl methyl sites for hydroxylation is 1. The van der Waals surface area contributed by atoms with Crippen molar-refractivity contribution in [3.05, 3.63) is 69.4 Å². The van der Waals surface area contributed by atoms with E-state index in [4.69, 9.17) is 0 Å². The SMILES string of the molecule is Cc1cccc2c(C3=C(c4cc(N5CCN(C)CC5)ccc4[N+](=O)[O-])C(=O)NC3=O)c[nH]c12. The van der Waals surface area contributed by atoms with E-state index >= 15 is 0 Å². The largest absolute Gasteiger partial charge is 0.369 e. The van der Waals surface area contributed by atoms with Crippen LogP contribution >= 0.6 is 0 Å². The summed E-state index contributed by atoms with van der Waals surface area (Å²) in [5.74, 6) is -1.19. The molecule has 2 aliphatic rings. The molecule has 2 aromatic carbocycles. The summed E-state index contributed by atoms with van der Waals surface area (Å²) in [6.07, 6.45) is 1.68. The summed E-state index contributed by atoms with van der Waals surface area (Å²) in [6.45, 7) is 5.23. The lowest BCUT2D eigenvalue weighted by Crippen LogP contribution is -2.44. The average molecular weight is 445 g/mol. The van der Waals surface area contributed by atoms with Crippen LogP contribution in [0.5, 0.6) is 0 Å². The van der Waals surface area contributed by atoms with Gasteiger partial charge in [0.1, 0.15) is 0 Å². The third-order valence-electron chi connectivity index (χ3n) is 6.44. The number of para-hydroxylation sites is 1. The topological polar surface area (TPSA) is 112 Å². The predicted molar refractivity (Wildman–Crippen MR) is 126 cm³/mol. The van der Waals surface area contributed by atoms with E-state index in [-0.39, 0.29) is 22.4 Å². The Hall–Kier alpha value is -3.98. The van der Waals surface area contributed by atoms with Gasteiger partial charge in [0, 0.05) is 60.6 Å². The van der Waals surface area contributed by atoms with Crippen LogP contribution in [0.3, 0.4) is 0 Å². The number of hydrogen-bond donors (Lipinski definition) is 2. The van der Waals surface area contributed by atoms with Gasteiger partial charge >= 0.3 is 0 Å². The van der Waals surface area contributed by atoms with Gasteiger partial charge in [-0.25, -0.2) is 0 Å². The Morgan fingerprint density at radius 1 is 0.970 bits per heavy atom. The van der Waals surface area contributed by atoms with Crippen molar-refractivity contribution in [3.8, 4) is 0 Å². The van der Waals surface area contributed by atoms with E-state index in [2.05, 4.69) is 20.1 Å². The smallest absolute Gasteiger partial charge is 0.277 e. The number of hydrogen-bond acceptors (Lipinski definition) is 6. The molecule has 0 aliphatic carbocycles. The van der Waals surface area contributed by atoms with Crippen LogP contribution in [-0.2, 0) is 9.59 Å². The van der Waals surface area contributed by atoms with Crippen LogP contribution in [0.1, 0.15) is 16.7 Å². The minimum absolute atomic E-state index is 0.0325.